The Morgan fingerprint density at radius 1 is 0.952 bits per heavy atom. The Labute approximate surface area is 247 Å². The zero-order valence-corrected chi connectivity index (χ0v) is 25.2. The summed E-state index contributed by atoms with van der Waals surface area (Å²) in [6, 6.07) is 1.12. The number of amides is 5. The van der Waals surface area contributed by atoms with Gasteiger partial charge in [-0.15, -0.1) is 0 Å². The monoisotopic (exact) mass is 586 g/mol. The molecular weight excluding hydrogens is 540 g/mol. The summed E-state index contributed by atoms with van der Waals surface area (Å²) in [5, 5.41) is 33.9. The Kier molecular flexibility index (Phi) is 10.0. The second-order valence-electron chi connectivity index (χ2n) is 12.8. The van der Waals surface area contributed by atoms with Crippen LogP contribution in [0, 0.1) is 23.2 Å². The minimum atomic E-state index is -1.71. The molecule has 5 N–H and O–H groups in total. The highest BCUT2D eigenvalue weighted by molar-refractivity contribution is 5.99. The number of nitrogens with zero attached hydrogens (tertiary/aromatic N) is 5. The van der Waals surface area contributed by atoms with E-state index in [2.05, 4.69) is 52.7 Å². The van der Waals surface area contributed by atoms with E-state index in [1.165, 1.54) is 0 Å². The van der Waals surface area contributed by atoms with Gasteiger partial charge in [0.2, 0.25) is 11.8 Å². The molecule has 0 radical (unpaired) electrons. The van der Waals surface area contributed by atoms with E-state index in [1.807, 2.05) is 28.2 Å². The number of hydrogen-bond acceptors (Lipinski definition) is 9. The molecule has 4 fully saturated rings. The molecule has 42 heavy (non-hydrogen) atoms. The lowest BCUT2D eigenvalue weighted by Crippen LogP contribution is -2.82. The van der Waals surface area contributed by atoms with E-state index < -0.39 is 34.9 Å². The zero-order chi connectivity index (χ0) is 30.5. The summed E-state index contributed by atoms with van der Waals surface area (Å²) < 4.78 is 0. The van der Waals surface area contributed by atoms with Crippen molar-refractivity contribution in [3.05, 3.63) is 0 Å². The van der Waals surface area contributed by atoms with Crippen molar-refractivity contribution in [3.8, 4) is 6.07 Å². The fourth-order valence-corrected chi connectivity index (χ4v) is 6.72. The Bertz CT molecular complexity index is 1070. The predicted molar refractivity (Wildman–Crippen MR) is 154 cm³/mol. The van der Waals surface area contributed by atoms with E-state index in [9.17, 15) is 24.4 Å². The van der Waals surface area contributed by atoms with Crippen molar-refractivity contribution in [1.82, 2.24) is 36.4 Å². The van der Waals surface area contributed by atoms with Crippen LogP contribution in [0.4, 0.5) is 4.79 Å². The van der Waals surface area contributed by atoms with Crippen LogP contribution >= 0.6 is 0 Å². The van der Waals surface area contributed by atoms with Gasteiger partial charge in [0.25, 0.3) is 11.4 Å². The molecule has 0 aromatic carbocycles. The van der Waals surface area contributed by atoms with Gasteiger partial charge in [-0.3, -0.25) is 14.4 Å². The lowest BCUT2D eigenvalue weighted by atomic mass is 9.60. The molecule has 6 unspecified atom stereocenters. The van der Waals surface area contributed by atoms with Gasteiger partial charge < -0.3 is 36.4 Å². The second-order valence-corrected chi connectivity index (χ2v) is 12.8. The highest BCUT2D eigenvalue weighted by Crippen LogP contribution is 2.47. The molecule has 14 nitrogen and oxygen atoms in total. The summed E-state index contributed by atoms with van der Waals surface area (Å²) in [6.07, 6.45) is 4.24. The summed E-state index contributed by atoms with van der Waals surface area (Å²) in [5.41, 5.74) is -2.64. The number of nitriles is 1. The third-order valence-electron chi connectivity index (χ3n) is 9.06. The Balaban J connectivity index is 1.46. The van der Waals surface area contributed by atoms with E-state index in [4.69, 9.17) is 0 Å². The number of fused-ring (bicyclic) bond motifs is 1. The van der Waals surface area contributed by atoms with E-state index in [1.54, 1.807) is 0 Å². The second kappa shape index (κ2) is 13.3. The SMILES string of the molecule is CN(C)CCCNC(=O)C1CC(N=NC2(C#N)C(=O)NC23CCC2NC(=O)NC2C3)CC(C(=O)NCCCN(C)C)C1. The van der Waals surface area contributed by atoms with E-state index in [-0.39, 0.29) is 29.9 Å². The van der Waals surface area contributed by atoms with Crippen LogP contribution in [-0.2, 0) is 14.4 Å². The van der Waals surface area contributed by atoms with Crippen molar-refractivity contribution in [1.29, 1.82) is 5.26 Å². The smallest absolute Gasteiger partial charge is 0.315 e. The number of nitrogens with one attached hydrogen (secondary N) is 5. The molecule has 232 valence electrons. The molecule has 2 heterocycles. The number of β-lactam (4-membered cyclic amide) rings is 1. The first-order valence-electron chi connectivity index (χ1n) is 15.1. The zero-order valence-electron chi connectivity index (χ0n) is 25.2. The summed E-state index contributed by atoms with van der Waals surface area (Å²) in [5.74, 6) is -1.61. The first-order valence-corrected chi connectivity index (χ1v) is 15.1. The molecule has 0 aromatic rings. The Morgan fingerprint density at radius 2 is 1.52 bits per heavy atom. The average molecular weight is 587 g/mol. The number of carbonyl (C=O) groups is 4. The molecule has 14 heteroatoms. The fourth-order valence-electron chi connectivity index (χ4n) is 6.72. The standard InChI is InChI=1S/C28H46N10O4/c1-37(2)11-5-9-30-23(39)18-13-19(24(40)31-10-6-12-38(3)4)15-20(14-18)35-36-28(17-29)25(41)34-27(28)8-7-21-22(16-27)33-26(42)32-21/h18-22H,5-16H2,1-4H3,(H,30,39)(H,31,40)(H,34,41)(H2,32,33,42). The van der Waals surface area contributed by atoms with Gasteiger partial charge >= 0.3 is 6.03 Å². The van der Waals surface area contributed by atoms with Crippen molar-refractivity contribution in [2.24, 2.45) is 22.1 Å². The minimum Gasteiger partial charge on any atom is -0.356 e. The van der Waals surface area contributed by atoms with E-state index in [0.29, 0.717) is 51.6 Å². The number of rotatable bonds is 12. The molecule has 0 bridgehead atoms. The lowest BCUT2D eigenvalue weighted by Gasteiger charge is -2.55. The highest BCUT2D eigenvalue weighted by Gasteiger charge is 2.70. The quantitative estimate of drug-likeness (QED) is 0.118. The van der Waals surface area contributed by atoms with Gasteiger partial charge in [0.05, 0.1) is 23.7 Å². The number of azo groups is 1. The fraction of sp³-hybridized carbons (Fsp3) is 0.821. The maximum Gasteiger partial charge on any atom is 0.315 e. The third-order valence-corrected chi connectivity index (χ3v) is 9.06. The van der Waals surface area contributed by atoms with E-state index in [0.717, 1.165) is 25.9 Å². The van der Waals surface area contributed by atoms with Crippen LogP contribution in [0.15, 0.2) is 10.2 Å². The molecule has 1 spiro atoms. The summed E-state index contributed by atoms with van der Waals surface area (Å²) in [7, 11) is 7.92. The van der Waals surface area contributed by atoms with Gasteiger partial charge in [-0.25, -0.2) is 4.79 Å². The summed E-state index contributed by atoms with van der Waals surface area (Å²) in [4.78, 5) is 55.2. The number of urea groups is 1. The van der Waals surface area contributed by atoms with Crippen LogP contribution in [0.2, 0.25) is 0 Å². The average Bonchev–Trinajstić information content (AvgIpc) is 3.32. The maximum atomic E-state index is 13.2. The lowest BCUT2D eigenvalue weighted by molar-refractivity contribution is -0.143. The molecule has 2 aliphatic carbocycles. The van der Waals surface area contributed by atoms with Gasteiger partial charge in [0.1, 0.15) is 6.07 Å². The van der Waals surface area contributed by atoms with Crippen LogP contribution in [-0.4, -0.2) is 117 Å². The molecule has 6 atom stereocenters. The van der Waals surface area contributed by atoms with Gasteiger partial charge in [-0.1, -0.05) is 0 Å². The highest BCUT2D eigenvalue weighted by atomic mass is 16.2. The molecule has 2 saturated heterocycles. The third kappa shape index (κ3) is 6.83. The maximum absolute atomic E-state index is 13.2. The molecule has 0 aromatic heterocycles. The number of carbonyl (C=O) groups excluding carboxylic acids is 4. The van der Waals surface area contributed by atoms with Gasteiger partial charge in [-0.05, 0) is 92.6 Å². The Morgan fingerprint density at radius 3 is 2.05 bits per heavy atom. The normalized spacial score (nSPS) is 33.9. The van der Waals surface area contributed by atoms with Crippen molar-refractivity contribution < 1.29 is 19.2 Å². The predicted octanol–water partition coefficient (Wildman–Crippen LogP) is -0.276. The van der Waals surface area contributed by atoms with Crippen LogP contribution in [0.5, 0.6) is 0 Å². The molecular formula is C28H46N10O4. The molecule has 5 amide bonds. The first kappa shape index (κ1) is 31.6. The van der Waals surface area contributed by atoms with Crippen LogP contribution < -0.4 is 26.6 Å². The molecule has 4 aliphatic rings. The molecule has 2 saturated carbocycles. The van der Waals surface area contributed by atoms with Gasteiger partial charge in [0, 0.05) is 24.9 Å². The van der Waals surface area contributed by atoms with Crippen LogP contribution in [0.1, 0.15) is 51.4 Å². The van der Waals surface area contributed by atoms with E-state index >= 15 is 0 Å². The van der Waals surface area contributed by atoms with Gasteiger partial charge in [-0.2, -0.15) is 15.5 Å². The van der Waals surface area contributed by atoms with Gasteiger partial charge in [0.15, 0.2) is 0 Å². The summed E-state index contributed by atoms with van der Waals surface area (Å²) in [6.45, 7) is 2.77. The Hall–Kier alpha value is -3.31. The molecule has 4 rings (SSSR count). The van der Waals surface area contributed by atoms with Crippen LogP contribution in [0.25, 0.3) is 0 Å². The van der Waals surface area contributed by atoms with Crippen molar-refractivity contribution in [3.63, 3.8) is 0 Å². The molecule has 2 aliphatic heterocycles. The summed E-state index contributed by atoms with van der Waals surface area (Å²) >= 11 is 0. The largest absolute Gasteiger partial charge is 0.356 e. The van der Waals surface area contributed by atoms with Crippen molar-refractivity contribution >= 4 is 23.8 Å². The van der Waals surface area contributed by atoms with Crippen molar-refractivity contribution in [2.45, 2.75) is 80.6 Å². The number of hydrogen-bond donors (Lipinski definition) is 5. The minimum absolute atomic E-state index is 0.0544. The topological polar surface area (TPSA) is 183 Å². The first-order chi connectivity index (χ1) is 20.0. The van der Waals surface area contributed by atoms with Crippen LogP contribution in [0.3, 0.4) is 0 Å². The van der Waals surface area contributed by atoms with Crippen molar-refractivity contribution in [2.75, 3.05) is 54.4 Å².